The highest BCUT2D eigenvalue weighted by Gasteiger charge is 2.70. The van der Waals surface area contributed by atoms with Gasteiger partial charge in [0.1, 0.15) is 12.4 Å². The van der Waals surface area contributed by atoms with Gasteiger partial charge in [0.2, 0.25) is 11.8 Å². The van der Waals surface area contributed by atoms with Gasteiger partial charge in [-0.15, -0.1) is 11.8 Å². The van der Waals surface area contributed by atoms with E-state index in [0.29, 0.717) is 28.4 Å². The molecule has 3 aromatic carbocycles. The fraction of sp³-hybridized carbons (Fsp3) is 0.281. The van der Waals surface area contributed by atoms with Crippen molar-refractivity contribution in [1.82, 2.24) is 4.98 Å². The van der Waals surface area contributed by atoms with E-state index < -0.39 is 22.7 Å². The average Bonchev–Trinajstić information content (AvgIpc) is 3.76. The molecule has 2 aliphatic heterocycles. The van der Waals surface area contributed by atoms with Gasteiger partial charge in [0.25, 0.3) is 5.69 Å². The number of hydrogen-bond donors (Lipinski definition) is 1. The molecule has 7 atom stereocenters. The molecule has 2 bridgehead atoms. The number of nitro benzene ring substituents is 1. The number of nitrogens with zero attached hydrogens (tertiary/aromatic N) is 2. The number of aromatic nitrogens is 1. The number of anilines is 1. The number of carbonyl (C=O) groups excluding carboxylic acids is 2. The van der Waals surface area contributed by atoms with Crippen LogP contribution in [0.1, 0.15) is 28.3 Å². The molecule has 0 spiro atoms. The van der Waals surface area contributed by atoms with Crippen molar-refractivity contribution < 1.29 is 19.2 Å². The maximum atomic E-state index is 14.0. The molecule has 2 aliphatic carbocycles. The number of thiazole rings is 1. The maximum Gasteiger partial charge on any atom is 0.305 e. The second kappa shape index (κ2) is 10.3. The summed E-state index contributed by atoms with van der Waals surface area (Å²) >= 11 is 8.75. The van der Waals surface area contributed by atoms with Gasteiger partial charge in [0.15, 0.2) is 0 Å². The number of rotatable bonds is 6. The molecule has 0 radical (unpaired) electrons. The SMILES string of the molecule is O=C1C2C3CC(C2C(=O)N1c1ccc(Cl)cc1)C1C3Sc2[nH]c(=O)sc2[C@@H]1c1cc([N+](=O)[O-])ccc1OCc1ccccc1. The highest BCUT2D eigenvalue weighted by Crippen LogP contribution is 2.69. The Labute approximate surface area is 264 Å². The van der Waals surface area contributed by atoms with Crippen molar-refractivity contribution in [2.45, 2.75) is 29.2 Å². The number of H-pyrrole nitrogens is 1. The average molecular weight is 646 g/mol. The van der Waals surface area contributed by atoms with Crippen LogP contribution in [0.3, 0.4) is 0 Å². The number of non-ortho nitro benzene ring substituents is 1. The van der Waals surface area contributed by atoms with Crippen molar-refractivity contribution >= 4 is 57.9 Å². The van der Waals surface area contributed by atoms with Crippen LogP contribution in [0.2, 0.25) is 5.02 Å². The molecule has 222 valence electrons. The summed E-state index contributed by atoms with van der Waals surface area (Å²) in [5.74, 6) is -1.66. The number of amides is 2. The zero-order valence-electron chi connectivity index (χ0n) is 22.9. The first-order valence-electron chi connectivity index (χ1n) is 14.3. The van der Waals surface area contributed by atoms with Crippen molar-refractivity contribution in [3.63, 3.8) is 0 Å². The molecule has 12 heteroatoms. The number of halogens is 1. The number of carbonyl (C=O) groups is 2. The van der Waals surface area contributed by atoms with Gasteiger partial charge in [0.05, 0.1) is 27.5 Å². The fourth-order valence-corrected chi connectivity index (χ4v) is 11.0. The molecule has 4 aromatic rings. The third-order valence-electron chi connectivity index (χ3n) is 9.59. The zero-order valence-corrected chi connectivity index (χ0v) is 25.3. The van der Waals surface area contributed by atoms with E-state index in [9.17, 15) is 24.5 Å². The van der Waals surface area contributed by atoms with Crippen molar-refractivity contribution in [2.75, 3.05) is 4.90 Å². The molecule has 4 aliphatic rings. The molecule has 1 aromatic heterocycles. The number of hydrogen-bond acceptors (Lipinski definition) is 8. The first kappa shape index (κ1) is 27.6. The molecule has 9 nitrogen and oxygen atoms in total. The predicted octanol–water partition coefficient (Wildman–Crippen LogP) is 6.25. The van der Waals surface area contributed by atoms with Crippen LogP contribution in [0, 0.1) is 39.7 Å². The molecule has 2 saturated carbocycles. The molecular formula is C32H24ClN3O6S2. The molecule has 3 fully saturated rings. The lowest BCUT2D eigenvalue weighted by atomic mass is 9.68. The van der Waals surface area contributed by atoms with Crippen molar-refractivity contribution in [3.05, 3.63) is 114 Å². The monoisotopic (exact) mass is 645 g/mol. The topological polar surface area (TPSA) is 123 Å². The summed E-state index contributed by atoms with van der Waals surface area (Å²) in [7, 11) is 0. The van der Waals surface area contributed by atoms with E-state index in [1.165, 1.54) is 11.0 Å². The molecular weight excluding hydrogens is 622 g/mol. The minimum absolute atomic E-state index is 0.0628. The standard InChI is InChI=1S/C32H24ClN3O6S2/c33-16-6-8-17(9-7-16)35-30(37)25-20-13-21(26(25)31(35)38)27-24(20)23(28-29(43-27)34-32(39)44-28)19-12-18(36(40)41)10-11-22(19)42-14-15-4-2-1-3-5-15/h1-12,20-21,23-27H,13-14H2,(H,34,39)/t20?,21?,23-,24?,25?,26?,27?/m1/s1. The lowest BCUT2D eigenvalue weighted by Crippen LogP contribution is -2.42. The number of benzene rings is 3. The van der Waals surface area contributed by atoms with E-state index in [1.54, 1.807) is 48.2 Å². The first-order valence-corrected chi connectivity index (χ1v) is 16.4. The molecule has 2 amide bonds. The number of nitrogens with one attached hydrogen (secondary N) is 1. The number of nitro groups is 1. The molecule has 6 unspecified atom stereocenters. The Bertz CT molecular complexity index is 1890. The van der Waals surface area contributed by atoms with Crippen LogP contribution >= 0.6 is 34.7 Å². The van der Waals surface area contributed by atoms with Crippen molar-refractivity contribution in [2.24, 2.45) is 29.6 Å². The number of fused-ring (bicyclic) bond motifs is 9. The second-order valence-electron chi connectivity index (χ2n) is 11.7. The summed E-state index contributed by atoms with van der Waals surface area (Å²) in [4.78, 5) is 57.0. The third kappa shape index (κ3) is 4.17. The van der Waals surface area contributed by atoms with E-state index in [1.807, 2.05) is 30.3 Å². The normalized spacial score (nSPS) is 28.1. The first-order chi connectivity index (χ1) is 21.3. The quantitative estimate of drug-likeness (QED) is 0.149. The van der Waals surface area contributed by atoms with Crippen LogP contribution in [0.25, 0.3) is 0 Å². The third-order valence-corrected chi connectivity index (χ3v) is 12.4. The summed E-state index contributed by atoms with van der Waals surface area (Å²) in [5.41, 5.74) is 2.00. The molecule has 8 rings (SSSR count). The molecule has 1 saturated heterocycles. The van der Waals surface area contributed by atoms with E-state index in [4.69, 9.17) is 16.3 Å². The van der Waals surface area contributed by atoms with Gasteiger partial charge >= 0.3 is 4.87 Å². The number of aromatic amines is 1. The van der Waals surface area contributed by atoms with Gasteiger partial charge in [0, 0.05) is 38.8 Å². The van der Waals surface area contributed by atoms with Gasteiger partial charge in [-0.05, 0) is 60.1 Å². The summed E-state index contributed by atoms with van der Waals surface area (Å²) in [6, 6.07) is 21.0. The summed E-state index contributed by atoms with van der Waals surface area (Å²) in [6.45, 7) is 0.261. The van der Waals surface area contributed by atoms with E-state index >= 15 is 0 Å². The largest absolute Gasteiger partial charge is 0.489 e. The van der Waals surface area contributed by atoms with E-state index in [2.05, 4.69) is 4.98 Å². The lowest BCUT2D eigenvalue weighted by molar-refractivity contribution is -0.385. The Hall–Kier alpha value is -3.93. The van der Waals surface area contributed by atoms with Gasteiger partial charge in [-0.2, -0.15) is 0 Å². The van der Waals surface area contributed by atoms with Crippen LogP contribution < -0.4 is 14.5 Å². The van der Waals surface area contributed by atoms with Gasteiger partial charge in [-0.1, -0.05) is 53.3 Å². The Kier molecular flexibility index (Phi) is 6.48. The second-order valence-corrected chi connectivity index (χ2v) is 14.3. The minimum atomic E-state index is -0.503. The highest BCUT2D eigenvalue weighted by molar-refractivity contribution is 8.00. The minimum Gasteiger partial charge on any atom is -0.489 e. The van der Waals surface area contributed by atoms with Gasteiger partial charge < -0.3 is 9.72 Å². The number of imide groups is 1. The van der Waals surface area contributed by atoms with Crippen molar-refractivity contribution in [3.8, 4) is 5.75 Å². The van der Waals surface area contributed by atoms with E-state index in [-0.39, 0.29) is 52.0 Å². The summed E-state index contributed by atoms with van der Waals surface area (Å²) in [5, 5.41) is 13.1. The van der Waals surface area contributed by atoms with Crippen LogP contribution in [-0.2, 0) is 16.2 Å². The summed E-state index contributed by atoms with van der Waals surface area (Å²) in [6.07, 6.45) is 0.703. The van der Waals surface area contributed by atoms with Crippen LogP contribution in [0.4, 0.5) is 11.4 Å². The van der Waals surface area contributed by atoms with Crippen LogP contribution in [0.15, 0.2) is 82.6 Å². The van der Waals surface area contributed by atoms with Gasteiger partial charge in [-0.25, -0.2) is 0 Å². The Morgan fingerprint density at radius 3 is 2.43 bits per heavy atom. The fourth-order valence-electron chi connectivity index (χ4n) is 7.97. The number of ether oxygens (including phenoxy) is 1. The predicted molar refractivity (Wildman–Crippen MR) is 166 cm³/mol. The molecule has 44 heavy (non-hydrogen) atoms. The Morgan fingerprint density at radius 2 is 1.70 bits per heavy atom. The molecule has 3 heterocycles. The van der Waals surface area contributed by atoms with Gasteiger partial charge in [-0.3, -0.25) is 29.4 Å². The molecule has 1 N–H and O–H groups in total. The zero-order chi connectivity index (χ0) is 30.3. The Morgan fingerprint density at radius 1 is 0.977 bits per heavy atom. The smallest absolute Gasteiger partial charge is 0.305 e. The Balaban J connectivity index is 1.23. The van der Waals surface area contributed by atoms with E-state index in [0.717, 1.165) is 26.8 Å². The lowest BCUT2D eigenvalue weighted by Gasteiger charge is -2.43. The van der Waals surface area contributed by atoms with Crippen LogP contribution in [0.5, 0.6) is 5.75 Å². The maximum absolute atomic E-state index is 14.0. The van der Waals surface area contributed by atoms with Crippen molar-refractivity contribution in [1.29, 1.82) is 0 Å². The highest BCUT2D eigenvalue weighted by atomic mass is 35.5. The summed E-state index contributed by atoms with van der Waals surface area (Å²) < 4.78 is 6.32. The number of thioether (sulfide) groups is 1. The van der Waals surface area contributed by atoms with Crippen LogP contribution in [-0.4, -0.2) is 27.0 Å².